The second kappa shape index (κ2) is 6.89. The molecule has 0 aromatic heterocycles. The van der Waals surface area contributed by atoms with Crippen molar-refractivity contribution >= 4 is 11.6 Å². The van der Waals surface area contributed by atoms with Crippen LogP contribution in [0.4, 0.5) is 0 Å². The molecule has 0 bridgehead atoms. The Kier molecular flexibility index (Phi) is 5.18. The Morgan fingerprint density at radius 1 is 0.950 bits per heavy atom. The van der Waals surface area contributed by atoms with Crippen LogP contribution >= 0.6 is 11.6 Å². The highest BCUT2D eigenvalue weighted by Crippen LogP contribution is 2.36. The molecule has 20 heavy (non-hydrogen) atoms. The van der Waals surface area contributed by atoms with Crippen molar-refractivity contribution in [2.24, 2.45) is 5.73 Å². The number of nitrogens with two attached hydrogens (primary N) is 1. The molecule has 1 atom stereocenters. The van der Waals surface area contributed by atoms with Gasteiger partial charge in [0.15, 0.2) is 0 Å². The Morgan fingerprint density at radius 3 is 2.10 bits per heavy atom. The maximum absolute atomic E-state index is 9.20. The molecule has 0 saturated carbocycles. The van der Waals surface area contributed by atoms with E-state index in [2.05, 4.69) is 12.1 Å². The largest absolute Gasteiger partial charge is 0.396 e. The number of halogens is 1. The molecule has 0 heterocycles. The van der Waals surface area contributed by atoms with Gasteiger partial charge in [0.1, 0.15) is 0 Å². The van der Waals surface area contributed by atoms with Gasteiger partial charge >= 0.3 is 0 Å². The van der Waals surface area contributed by atoms with E-state index < -0.39 is 0 Å². The van der Waals surface area contributed by atoms with Crippen LogP contribution in [0.3, 0.4) is 0 Å². The molecule has 0 saturated heterocycles. The number of hydrogen-bond donors (Lipinski definition) is 2. The average molecular weight is 290 g/mol. The summed E-state index contributed by atoms with van der Waals surface area (Å²) in [5.41, 5.74) is 8.19. The molecular formula is C17H20ClNO. The molecule has 106 valence electrons. The first-order valence-corrected chi connectivity index (χ1v) is 7.23. The predicted molar refractivity (Wildman–Crippen MR) is 84.0 cm³/mol. The van der Waals surface area contributed by atoms with Crippen molar-refractivity contribution in [1.29, 1.82) is 0 Å². The van der Waals surface area contributed by atoms with Crippen LogP contribution in [0.1, 0.15) is 24.0 Å². The van der Waals surface area contributed by atoms with Gasteiger partial charge in [-0.25, -0.2) is 0 Å². The van der Waals surface area contributed by atoms with Gasteiger partial charge in [0.05, 0.1) is 0 Å². The molecular weight excluding hydrogens is 270 g/mol. The lowest BCUT2D eigenvalue weighted by Gasteiger charge is -2.34. The summed E-state index contributed by atoms with van der Waals surface area (Å²) in [6.45, 7) is 0.667. The van der Waals surface area contributed by atoms with Crippen LogP contribution < -0.4 is 5.73 Å². The van der Waals surface area contributed by atoms with Crippen LogP contribution in [-0.2, 0) is 5.41 Å². The molecule has 2 nitrogen and oxygen atoms in total. The number of aliphatic hydroxyl groups is 1. The van der Waals surface area contributed by atoms with Crippen molar-refractivity contribution in [1.82, 2.24) is 0 Å². The van der Waals surface area contributed by atoms with E-state index in [-0.39, 0.29) is 12.0 Å². The standard InChI is InChI=1S/C17H20ClNO/c18-16-9-7-15(8-10-16)17(13-19,11-4-12-20)14-5-2-1-3-6-14/h1-3,5-10,20H,4,11-13,19H2. The van der Waals surface area contributed by atoms with E-state index in [1.807, 2.05) is 42.5 Å². The first kappa shape index (κ1) is 15.0. The van der Waals surface area contributed by atoms with E-state index in [1.54, 1.807) is 0 Å². The maximum atomic E-state index is 9.20. The van der Waals surface area contributed by atoms with Crippen LogP contribution in [0.15, 0.2) is 54.6 Å². The van der Waals surface area contributed by atoms with E-state index in [0.29, 0.717) is 13.0 Å². The van der Waals surface area contributed by atoms with E-state index in [0.717, 1.165) is 17.0 Å². The van der Waals surface area contributed by atoms with Gasteiger partial charge in [-0.15, -0.1) is 0 Å². The minimum absolute atomic E-state index is 0.169. The predicted octanol–water partition coefficient (Wildman–Crippen LogP) is 3.36. The SMILES string of the molecule is NCC(CCCO)(c1ccccc1)c1ccc(Cl)cc1. The summed E-state index contributed by atoms with van der Waals surface area (Å²) in [4.78, 5) is 0. The summed E-state index contributed by atoms with van der Waals surface area (Å²) in [5, 5.41) is 9.92. The lowest BCUT2D eigenvalue weighted by molar-refractivity contribution is 0.270. The van der Waals surface area contributed by atoms with Crippen molar-refractivity contribution in [3.8, 4) is 0 Å². The number of aliphatic hydroxyl groups excluding tert-OH is 1. The fourth-order valence-corrected chi connectivity index (χ4v) is 2.83. The minimum atomic E-state index is -0.269. The highest BCUT2D eigenvalue weighted by atomic mass is 35.5. The summed E-state index contributed by atoms with van der Waals surface area (Å²) < 4.78 is 0. The Labute approximate surface area is 125 Å². The summed E-state index contributed by atoms with van der Waals surface area (Å²) in [5.74, 6) is 0. The van der Waals surface area contributed by atoms with Crippen LogP contribution in [0.25, 0.3) is 0 Å². The molecule has 3 N–H and O–H groups in total. The van der Waals surface area contributed by atoms with Gasteiger partial charge in [-0.1, -0.05) is 54.1 Å². The van der Waals surface area contributed by atoms with Crippen LogP contribution in [-0.4, -0.2) is 18.3 Å². The average Bonchev–Trinajstić information content (AvgIpc) is 2.51. The fraction of sp³-hybridized carbons (Fsp3) is 0.294. The molecule has 1 unspecified atom stereocenters. The zero-order valence-electron chi connectivity index (χ0n) is 11.4. The van der Waals surface area contributed by atoms with Crippen molar-refractivity contribution in [3.63, 3.8) is 0 Å². The monoisotopic (exact) mass is 289 g/mol. The topological polar surface area (TPSA) is 46.2 Å². The number of hydrogen-bond acceptors (Lipinski definition) is 2. The van der Waals surface area contributed by atoms with Gasteiger partial charge in [0.25, 0.3) is 0 Å². The summed E-state index contributed by atoms with van der Waals surface area (Å²) in [6.07, 6.45) is 1.53. The quantitative estimate of drug-likeness (QED) is 0.856. The number of benzene rings is 2. The van der Waals surface area contributed by atoms with Gasteiger partial charge in [0, 0.05) is 23.6 Å². The van der Waals surface area contributed by atoms with Crippen molar-refractivity contribution < 1.29 is 5.11 Å². The van der Waals surface area contributed by atoms with Gasteiger partial charge in [-0.3, -0.25) is 0 Å². The zero-order valence-corrected chi connectivity index (χ0v) is 12.2. The van der Waals surface area contributed by atoms with Crippen molar-refractivity contribution in [2.45, 2.75) is 18.3 Å². The second-order valence-electron chi connectivity index (χ2n) is 4.99. The molecule has 2 aromatic rings. The highest BCUT2D eigenvalue weighted by molar-refractivity contribution is 6.30. The number of rotatable bonds is 6. The molecule has 3 heteroatoms. The fourth-order valence-electron chi connectivity index (χ4n) is 2.70. The van der Waals surface area contributed by atoms with E-state index >= 15 is 0 Å². The summed E-state index contributed by atoms with van der Waals surface area (Å²) in [6, 6.07) is 18.1. The lowest BCUT2D eigenvalue weighted by atomic mass is 9.71. The molecule has 2 rings (SSSR count). The third kappa shape index (κ3) is 3.04. The zero-order chi connectivity index (χ0) is 14.4. The Morgan fingerprint density at radius 2 is 1.55 bits per heavy atom. The molecule has 0 aliphatic rings. The first-order valence-electron chi connectivity index (χ1n) is 6.85. The molecule has 2 aromatic carbocycles. The van der Waals surface area contributed by atoms with E-state index in [9.17, 15) is 5.11 Å². The van der Waals surface area contributed by atoms with Crippen molar-refractivity contribution in [3.05, 3.63) is 70.7 Å². The smallest absolute Gasteiger partial charge is 0.0431 e. The summed E-state index contributed by atoms with van der Waals surface area (Å²) >= 11 is 5.98. The normalized spacial score (nSPS) is 13.9. The lowest BCUT2D eigenvalue weighted by Crippen LogP contribution is -2.36. The molecule has 0 fully saturated rings. The van der Waals surface area contributed by atoms with Gasteiger partial charge in [-0.2, -0.15) is 0 Å². The minimum Gasteiger partial charge on any atom is -0.396 e. The molecule has 0 amide bonds. The molecule has 0 aliphatic carbocycles. The third-order valence-corrected chi connectivity index (χ3v) is 4.09. The molecule has 0 spiro atoms. The highest BCUT2D eigenvalue weighted by Gasteiger charge is 2.32. The van der Waals surface area contributed by atoms with Crippen LogP contribution in [0.2, 0.25) is 5.02 Å². The van der Waals surface area contributed by atoms with Gasteiger partial charge < -0.3 is 10.8 Å². The third-order valence-electron chi connectivity index (χ3n) is 3.83. The Bertz CT molecular complexity index is 526. The maximum Gasteiger partial charge on any atom is 0.0431 e. The molecule has 0 radical (unpaired) electrons. The van der Waals surface area contributed by atoms with Crippen molar-refractivity contribution in [2.75, 3.05) is 13.2 Å². The van der Waals surface area contributed by atoms with Crippen LogP contribution in [0, 0.1) is 0 Å². The van der Waals surface area contributed by atoms with Gasteiger partial charge in [-0.05, 0) is 36.1 Å². The van der Waals surface area contributed by atoms with E-state index in [1.165, 1.54) is 5.56 Å². The van der Waals surface area contributed by atoms with Gasteiger partial charge in [0.2, 0.25) is 0 Å². The Balaban J connectivity index is 2.49. The van der Waals surface area contributed by atoms with E-state index in [4.69, 9.17) is 17.3 Å². The summed E-state index contributed by atoms with van der Waals surface area (Å²) in [7, 11) is 0. The molecule has 0 aliphatic heterocycles. The second-order valence-corrected chi connectivity index (χ2v) is 5.42. The first-order chi connectivity index (χ1) is 9.73. The van der Waals surface area contributed by atoms with Crippen LogP contribution in [0.5, 0.6) is 0 Å². The Hall–Kier alpha value is -1.35.